The fourth-order valence-electron chi connectivity index (χ4n) is 6.80. The van der Waals surface area contributed by atoms with Crippen LogP contribution in [0.4, 0.5) is 0 Å². The maximum atomic E-state index is 12.4. The summed E-state index contributed by atoms with van der Waals surface area (Å²) in [6, 6.07) is 16.6. The molecule has 3 aliphatic carbocycles. The summed E-state index contributed by atoms with van der Waals surface area (Å²) < 4.78 is -0.0553. The van der Waals surface area contributed by atoms with E-state index in [9.17, 15) is 10.2 Å². The van der Waals surface area contributed by atoms with E-state index in [0.29, 0.717) is 23.5 Å². The minimum absolute atomic E-state index is 0.0553. The molecule has 3 heteroatoms. The fourth-order valence-corrected chi connectivity index (χ4v) is 8.21. The Morgan fingerprint density at radius 1 is 1.03 bits per heavy atom. The number of hydrogen-bond donors (Lipinski definition) is 2. The molecule has 2 fully saturated rings. The lowest BCUT2D eigenvalue weighted by Gasteiger charge is -2.58. The van der Waals surface area contributed by atoms with Crippen LogP contribution in [0.1, 0.15) is 82.8 Å². The van der Waals surface area contributed by atoms with Gasteiger partial charge in [0.1, 0.15) is 5.75 Å². The van der Waals surface area contributed by atoms with Gasteiger partial charge in [-0.05, 0) is 104 Å². The summed E-state index contributed by atoms with van der Waals surface area (Å²) in [5, 5.41) is 22.5. The summed E-state index contributed by atoms with van der Waals surface area (Å²) in [4.78, 5) is 1.28. The van der Waals surface area contributed by atoms with Gasteiger partial charge in [-0.2, -0.15) is 0 Å². The van der Waals surface area contributed by atoms with Gasteiger partial charge in [0.25, 0.3) is 0 Å². The van der Waals surface area contributed by atoms with Crippen molar-refractivity contribution < 1.29 is 10.2 Å². The molecule has 0 amide bonds. The van der Waals surface area contributed by atoms with Gasteiger partial charge in [0, 0.05) is 9.64 Å². The van der Waals surface area contributed by atoms with Gasteiger partial charge in [-0.15, -0.1) is 11.8 Å². The summed E-state index contributed by atoms with van der Waals surface area (Å²) in [6.07, 6.45) is 8.61. The van der Waals surface area contributed by atoms with Crippen molar-refractivity contribution >= 4 is 11.8 Å². The van der Waals surface area contributed by atoms with Crippen molar-refractivity contribution in [1.29, 1.82) is 0 Å². The average molecular weight is 451 g/mol. The van der Waals surface area contributed by atoms with Crippen molar-refractivity contribution in [3.05, 3.63) is 59.7 Å². The number of aliphatic hydroxyl groups is 1. The standard InChI is InChI=1S/C29H38O2S/c1-20(2)9-10-22-18-28(31,29(15-16-29)32-24-7-5-4-6-8-24)19-26-25-12-11-23(30)17-21(25)13-14-27(22,26)3/h4-8,11-12,17,20,22,26,30-31H,9-10,13-16,18-19H2,1-3H3/t22-,26+,27-,28+/m0/s1. The molecule has 4 atom stereocenters. The average Bonchev–Trinajstić information content (AvgIpc) is 3.55. The van der Waals surface area contributed by atoms with E-state index in [0.717, 1.165) is 38.5 Å². The van der Waals surface area contributed by atoms with Crippen LogP contribution in [0.15, 0.2) is 53.4 Å². The molecule has 0 spiro atoms. The van der Waals surface area contributed by atoms with Gasteiger partial charge < -0.3 is 10.2 Å². The van der Waals surface area contributed by atoms with E-state index in [1.54, 1.807) is 0 Å². The molecule has 0 heterocycles. The summed E-state index contributed by atoms with van der Waals surface area (Å²) in [5.41, 5.74) is 2.24. The van der Waals surface area contributed by atoms with Crippen molar-refractivity contribution in [2.45, 2.75) is 93.3 Å². The molecule has 3 aliphatic rings. The zero-order valence-electron chi connectivity index (χ0n) is 19.8. The molecule has 2 nitrogen and oxygen atoms in total. The Kier molecular flexibility index (Phi) is 5.65. The third-order valence-corrected chi connectivity index (χ3v) is 10.7. The van der Waals surface area contributed by atoms with Crippen LogP contribution in [-0.2, 0) is 6.42 Å². The number of hydrogen-bond acceptors (Lipinski definition) is 3. The van der Waals surface area contributed by atoms with E-state index in [2.05, 4.69) is 57.2 Å². The maximum Gasteiger partial charge on any atom is 0.115 e. The van der Waals surface area contributed by atoms with Crippen molar-refractivity contribution in [1.82, 2.24) is 0 Å². The van der Waals surface area contributed by atoms with Gasteiger partial charge in [0.2, 0.25) is 0 Å². The first kappa shape index (κ1) is 22.3. The van der Waals surface area contributed by atoms with Crippen LogP contribution in [0, 0.1) is 17.3 Å². The number of phenols is 1. The van der Waals surface area contributed by atoms with Crippen LogP contribution < -0.4 is 0 Å². The highest BCUT2D eigenvalue weighted by Crippen LogP contribution is 2.68. The first-order valence-corrected chi connectivity index (χ1v) is 13.3. The van der Waals surface area contributed by atoms with Crippen molar-refractivity contribution in [2.75, 3.05) is 0 Å². The lowest BCUT2D eigenvalue weighted by Crippen LogP contribution is -2.55. The number of rotatable bonds is 6. The van der Waals surface area contributed by atoms with Crippen molar-refractivity contribution in [3.63, 3.8) is 0 Å². The summed E-state index contributed by atoms with van der Waals surface area (Å²) >= 11 is 1.92. The first-order valence-electron chi connectivity index (χ1n) is 12.5. The highest BCUT2D eigenvalue weighted by atomic mass is 32.2. The van der Waals surface area contributed by atoms with E-state index < -0.39 is 5.60 Å². The third kappa shape index (κ3) is 3.80. The van der Waals surface area contributed by atoms with Gasteiger partial charge in [-0.25, -0.2) is 0 Å². The predicted octanol–water partition coefficient (Wildman–Crippen LogP) is 7.33. The van der Waals surface area contributed by atoms with Crippen LogP contribution >= 0.6 is 11.8 Å². The molecule has 0 aromatic heterocycles. The molecule has 0 radical (unpaired) electrons. The second-order valence-corrected chi connectivity index (χ2v) is 12.9. The minimum atomic E-state index is -0.647. The van der Waals surface area contributed by atoms with Crippen molar-refractivity contribution in [3.8, 4) is 5.75 Å². The lowest BCUT2D eigenvalue weighted by atomic mass is 9.49. The smallest absolute Gasteiger partial charge is 0.115 e. The molecule has 2 aromatic carbocycles. The normalized spacial score (nSPS) is 32.9. The molecule has 5 rings (SSSR count). The Bertz CT molecular complexity index is 966. The number of benzene rings is 2. The largest absolute Gasteiger partial charge is 0.508 e. The predicted molar refractivity (Wildman–Crippen MR) is 133 cm³/mol. The molecular formula is C29H38O2S. The second-order valence-electron chi connectivity index (χ2n) is 11.5. The molecular weight excluding hydrogens is 412 g/mol. The summed E-state index contributed by atoms with van der Waals surface area (Å²) in [6.45, 7) is 7.14. The molecule has 0 saturated heterocycles. The van der Waals surface area contributed by atoms with Gasteiger partial charge in [-0.1, -0.05) is 51.5 Å². The molecule has 0 aliphatic heterocycles. The highest BCUT2D eigenvalue weighted by molar-refractivity contribution is 8.01. The SMILES string of the molecule is CC(C)CC[C@H]1C[C@](O)(C2(Sc3ccccc3)CC2)C[C@@H]2c3ccc(O)cc3CC[C@@]12C. The van der Waals surface area contributed by atoms with Gasteiger partial charge in [0.15, 0.2) is 0 Å². The molecule has 2 saturated carbocycles. The number of fused-ring (bicyclic) bond motifs is 3. The van der Waals surface area contributed by atoms with Crippen LogP contribution in [0.3, 0.4) is 0 Å². The molecule has 172 valence electrons. The van der Waals surface area contributed by atoms with Crippen LogP contribution in [0.25, 0.3) is 0 Å². The first-order chi connectivity index (χ1) is 15.2. The van der Waals surface area contributed by atoms with Gasteiger partial charge in [-0.3, -0.25) is 0 Å². The number of thioether (sulfide) groups is 1. The van der Waals surface area contributed by atoms with Crippen LogP contribution in [0.5, 0.6) is 5.75 Å². The second kappa shape index (κ2) is 8.09. The Morgan fingerprint density at radius 2 is 1.78 bits per heavy atom. The van der Waals surface area contributed by atoms with E-state index >= 15 is 0 Å². The fraction of sp³-hybridized carbons (Fsp3) is 0.586. The van der Waals surface area contributed by atoms with E-state index in [1.807, 2.05) is 23.9 Å². The molecule has 2 N–H and O–H groups in total. The monoisotopic (exact) mass is 450 g/mol. The van der Waals surface area contributed by atoms with Crippen LogP contribution in [0.2, 0.25) is 0 Å². The zero-order chi connectivity index (χ0) is 22.6. The quantitative estimate of drug-likeness (QED) is 0.484. The Morgan fingerprint density at radius 3 is 2.47 bits per heavy atom. The number of aryl methyl sites for hydroxylation is 1. The van der Waals surface area contributed by atoms with E-state index in [4.69, 9.17) is 0 Å². The van der Waals surface area contributed by atoms with E-state index in [-0.39, 0.29) is 10.2 Å². The zero-order valence-corrected chi connectivity index (χ0v) is 20.6. The molecule has 32 heavy (non-hydrogen) atoms. The maximum absolute atomic E-state index is 12.4. The topological polar surface area (TPSA) is 40.5 Å². The summed E-state index contributed by atoms with van der Waals surface area (Å²) in [7, 11) is 0. The van der Waals surface area contributed by atoms with E-state index in [1.165, 1.54) is 28.9 Å². The third-order valence-electron chi connectivity index (χ3n) is 8.99. The van der Waals surface area contributed by atoms with Gasteiger partial charge in [0.05, 0.1) is 5.60 Å². The Hall–Kier alpha value is -1.45. The highest BCUT2D eigenvalue weighted by Gasteiger charge is 2.65. The van der Waals surface area contributed by atoms with Crippen molar-refractivity contribution in [2.24, 2.45) is 17.3 Å². The lowest BCUT2D eigenvalue weighted by molar-refractivity contribution is -0.0924. The summed E-state index contributed by atoms with van der Waals surface area (Å²) in [5.74, 6) is 1.95. The molecule has 2 aromatic rings. The molecule has 0 bridgehead atoms. The molecule has 0 unspecified atom stereocenters. The Labute approximate surface area is 197 Å². The number of phenolic OH excluding ortho intramolecular Hbond substituents is 1. The Balaban J connectivity index is 1.52. The minimum Gasteiger partial charge on any atom is -0.508 e. The number of aromatic hydroxyl groups is 1. The van der Waals surface area contributed by atoms with Crippen LogP contribution in [-0.4, -0.2) is 20.6 Å². The van der Waals surface area contributed by atoms with Gasteiger partial charge >= 0.3 is 0 Å².